The zero-order valence-corrected chi connectivity index (χ0v) is 12.9. The van der Waals surface area contributed by atoms with E-state index in [1.54, 1.807) is 6.07 Å². The predicted molar refractivity (Wildman–Crippen MR) is 81.1 cm³/mol. The highest BCUT2D eigenvalue weighted by molar-refractivity contribution is 5.56. The molecule has 2 aliphatic rings. The van der Waals surface area contributed by atoms with Gasteiger partial charge in [-0.1, -0.05) is 0 Å². The number of pyridine rings is 1. The second-order valence-electron chi connectivity index (χ2n) is 6.10. The Morgan fingerprint density at radius 1 is 1.26 bits per heavy atom. The molecule has 0 aliphatic carbocycles. The molecule has 8 heteroatoms. The highest BCUT2D eigenvalue weighted by Gasteiger charge is 2.46. The summed E-state index contributed by atoms with van der Waals surface area (Å²) in [4.78, 5) is 17.8. The monoisotopic (exact) mass is 331 g/mol. The average Bonchev–Trinajstić information content (AvgIpc) is 2.96. The lowest BCUT2D eigenvalue weighted by atomic mass is 10.2. The van der Waals surface area contributed by atoms with Gasteiger partial charge in [0.15, 0.2) is 0 Å². The zero-order valence-electron chi connectivity index (χ0n) is 12.9. The number of aromatic nitrogens is 1. The minimum atomic E-state index is -4.30. The van der Waals surface area contributed by atoms with Crippen molar-refractivity contribution in [2.45, 2.75) is 38.0 Å². The molecule has 0 radical (unpaired) electrons. The van der Waals surface area contributed by atoms with E-state index in [0.717, 1.165) is 0 Å². The molecule has 1 aromatic heterocycles. The molecule has 2 fully saturated rings. The molecule has 1 N–H and O–H groups in total. The van der Waals surface area contributed by atoms with E-state index in [-0.39, 0.29) is 23.8 Å². The van der Waals surface area contributed by atoms with Crippen molar-refractivity contribution < 1.29 is 17.9 Å². The van der Waals surface area contributed by atoms with Crippen LogP contribution in [-0.4, -0.2) is 49.5 Å². The first-order valence-corrected chi connectivity index (χ1v) is 7.78. The molecule has 3 heterocycles. The van der Waals surface area contributed by atoms with Crippen LogP contribution >= 0.6 is 0 Å². The van der Waals surface area contributed by atoms with Crippen LogP contribution in [0.15, 0.2) is 16.9 Å². The van der Waals surface area contributed by atoms with Crippen molar-refractivity contribution in [2.75, 3.05) is 36.1 Å². The maximum absolute atomic E-state index is 13.2. The largest absolute Gasteiger partial charge is 0.408 e. The first-order valence-electron chi connectivity index (χ1n) is 7.78. The summed E-state index contributed by atoms with van der Waals surface area (Å²) in [6, 6.07) is 1.63. The molecular weight excluding hydrogens is 311 g/mol. The van der Waals surface area contributed by atoms with Gasteiger partial charge in [-0.05, 0) is 19.8 Å². The maximum Gasteiger partial charge on any atom is 0.408 e. The molecule has 23 heavy (non-hydrogen) atoms. The highest BCUT2D eigenvalue weighted by atomic mass is 19.4. The number of morpholine rings is 1. The molecule has 1 aromatic rings. The molecule has 2 atom stereocenters. The normalized spacial score (nSPS) is 25.9. The Kier molecular flexibility index (Phi) is 4.27. The van der Waals surface area contributed by atoms with Crippen molar-refractivity contribution in [1.29, 1.82) is 0 Å². The Balaban J connectivity index is 1.93. The van der Waals surface area contributed by atoms with E-state index < -0.39 is 12.2 Å². The number of ether oxygens (including phenoxy) is 1. The molecule has 3 rings (SSSR count). The van der Waals surface area contributed by atoms with Gasteiger partial charge in [-0.2, -0.15) is 13.2 Å². The molecule has 0 spiro atoms. The van der Waals surface area contributed by atoms with Gasteiger partial charge in [0.25, 0.3) is 5.56 Å². The van der Waals surface area contributed by atoms with Gasteiger partial charge in [-0.15, -0.1) is 0 Å². The van der Waals surface area contributed by atoms with Gasteiger partial charge in [0.2, 0.25) is 0 Å². The minimum absolute atomic E-state index is 0.0592. The highest BCUT2D eigenvalue weighted by Crippen LogP contribution is 2.35. The summed E-state index contributed by atoms with van der Waals surface area (Å²) in [5.41, 5.74) is 0.261. The summed E-state index contributed by atoms with van der Waals surface area (Å²) in [7, 11) is 0. The lowest BCUT2D eigenvalue weighted by molar-refractivity contribution is -0.146. The van der Waals surface area contributed by atoms with Gasteiger partial charge >= 0.3 is 6.18 Å². The average molecular weight is 331 g/mol. The van der Waals surface area contributed by atoms with E-state index in [2.05, 4.69) is 4.98 Å². The van der Waals surface area contributed by atoms with Crippen LogP contribution < -0.4 is 15.4 Å². The predicted octanol–water partition coefficient (Wildman–Crippen LogP) is 2.13. The summed E-state index contributed by atoms with van der Waals surface area (Å²) in [6.07, 6.45) is -3.77. The summed E-state index contributed by atoms with van der Waals surface area (Å²) in [5, 5.41) is 0. The van der Waals surface area contributed by atoms with E-state index in [1.165, 1.54) is 11.0 Å². The number of alkyl halides is 3. The van der Waals surface area contributed by atoms with Crippen molar-refractivity contribution in [3.8, 4) is 0 Å². The molecular formula is C15H20F3N3O2. The molecule has 0 saturated carbocycles. The molecule has 0 bridgehead atoms. The second-order valence-corrected chi connectivity index (χ2v) is 6.10. The number of halogens is 3. The fraction of sp³-hybridized carbons (Fsp3) is 0.667. The zero-order chi connectivity index (χ0) is 16.6. The number of nitrogens with zero attached hydrogens (tertiary/aromatic N) is 2. The summed E-state index contributed by atoms with van der Waals surface area (Å²) in [6.45, 7) is 3.96. The van der Waals surface area contributed by atoms with Crippen molar-refractivity contribution in [3.05, 3.63) is 22.5 Å². The number of anilines is 2. The van der Waals surface area contributed by atoms with Crippen LogP contribution in [0.1, 0.15) is 19.8 Å². The molecule has 0 amide bonds. The van der Waals surface area contributed by atoms with Crippen LogP contribution in [0.5, 0.6) is 0 Å². The lowest BCUT2D eigenvalue weighted by Crippen LogP contribution is -2.45. The topological polar surface area (TPSA) is 48.6 Å². The van der Waals surface area contributed by atoms with Gasteiger partial charge < -0.3 is 19.5 Å². The standard InChI is InChI=1S/C15H20F3N3O2/c1-10-9-23-6-5-20(10)11-7-13(19-14(22)8-11)21-4-2-3-12(21)15(16,17)18/h7-8,10,12H,2-6,9H2,1H3,(H,19,22). The van der Waals surface area contributed by atoms with Crippen molar-refractivity contribution in [1.82, 2.24) is 4.98 Å². The van der Waals surface area contributed by atoms with Crippen molar-refractivity contribution >= 4 is 11.5 Å². The Morgan fingerprint density at radius 2 is 2.04 bits per heavy atom. The SMILES string of the molecule is CC1COCCN1c1cc(N2CCCC2C(F)(F)F)[nH]c(=O)c1. The van der Waals surface area contributed by atoms with Crippen LogP contribution in [0, 0.1) is 0 Å². The summed E-state index contributed by atoms with van der Waals surface area (Å²) in [5.74, 6) is 0.242. The third kappa shape index (κ3) is 3.31. The minimum Gasteiger partial charge on any atom is -0.377 e. The van der Waals surface area contributed by atoms with Crippen molar-refractivity contribution in [3.63, 3.8) is 0 Å². The smallest absolute Gasteiger partial charge is 0.377 e. The number of H-pyrrole nitrogens is 1. The van der Waals surface area contributed by atoms with Gasteiger partial charge in [0.1, 0.15) is 11.9 Å². The van der Waals surface area contributed by atoms with Crippen LogP contribution in [-0.2, 0) is 4.74 Å². The van der Waals surface area contributed by atoms with Gasteiger partial charge in [-0.25, -0.2) is 0 Å². The van der Waals surface area contributed by atoms with E-state index in [4.69, 9.17) is 4.74 Å². The van der Waals surface area contributed by atoms with Crippen LogP contribution in [0.2, 0.25) is 0 Å². The summed E-state index contributed by atoms with van der Waals surface area (Å²) < 4.78 is 44.8. The molecule has 0 aromatic carbocycles. The van der Waals surface area contributed by atoms with Gasteiger partial charge in [0.05, 0.1) is 13.2 Å². The Morgan fingerprint density at radius 3 is 2.74 bits per heavy atom. The quantitative estimate of drug-likeness (QED) is 0.902. The number of aromatic amines is 1. The van der Waals surface area contributed by atoms with E-state index in [0.29, 0.717) is 38.4 Å². The third-order valence-corrected chi connectivity index (χ3v) is 4.45. The van der Waals surface area contributed by atoms with Crippen LogP contribution in [0.25, 0.3) is 0 Å². The number of hydrogen-bond donors (Lipinski definition) is 1. The van der Waals surface area contributed by atoms with E-state index in [9.17, 15) is 18.0 Å². The van der Waals surface area contributed by atoms with Crippen molar-refractivity contribution in [2.24, 2.45) is 0 Å². The number of nitrogens with one attached hydrogen (secondary N) is 1. The molecule has 128 valence electrons. The van der Waals surface area contributed by atoms with E-state index in [1.807, 2.05) is 11.8 Å². The first kappa shape index (κ1) is 16.2. The summed E-state index contributed by atoms with van der Waals surface area (Å²) >= 11 is 0. The second kappa shape index (κ2) is 6.07. The Hall–Kier alpha value is -1.70. The fourth-order valence-corrected chi connectivity index (χ4v) is 3.34. The molecule has 2 saturated heterocycles. The molecule has 2 unspecified atom stereocenters. The fourth-order valence-electron chi connectivity index (χ4n) is 3.34. The molecule has 2 aliphatic heterocycles. The number of hydrogen-bond acceptors (Lipinski definition) is 4. The Bertz CT molecular complexity index is 617. The third-order valence-electron chi connectivity index (χ3n) is 4.45. The Labute approximate surface area is 132 Å². The molecule has 5 nitrogen and oxygen atoms in total. The first-order chi connectivity index (χ1) is 10.9. The van der Waals surface area contributed by atoms with Gasteiger partial charge in [0, 0.05) is 37.0 Å². The van der Waals surface area contributed by atoms with Crippen LogP contribution in [0.3, 0.4) is 0 Å². The lowest BCUT2D eigenvalue weighted by Gasteiger charge is -2.36. The van der Waals surface area contributed by atoms with Gasteiger partial charge in [-0.3, -0.25) is 4.79 Å². The number of rotatable bonds is 2. The van der Waals surface area contributed by atoms with Crippen LogP contribution in [0.4, 0.5) is 24.7 Å². The maximum atomic E-state index is 13.2. The van der Waals surface area contributed by atoms with E-state index >= 15 is 0 Å².